The summed E-state index contributed by atoms with van der Waals surface area (Å²) < 4.78 is 6.02. The van der Waals surface area contributed by atoms with E-state index in [9.17, 15) is 4.79 Å². The molecule has 0 saturated heterocycles. The Balaban J connectivity index is 1.95. The van der Waals surface area contributed by atoms with Crippen molar-refractivity contribution in [1.82, 2.24) is 4.98 Å². The van der Waals surface area contributed by atoms with Crippen LogP contribution in [0.3, 0.4) is 0 Å². The number of hydrogen-bond donors (Lipinski definition) is 1. The normalized spacial score (nSPS) is 10.2. The van der Waals surface area contributed by atoms with Gasteiger partial charge in [-0.05, 0) is 19.1 Å². The highest BCUT2D eigenvalue weighted by atomic mass is 32.1. The van der Waals surface area contributed by atoms with Crippen molar-refractivity contribution in [2.45, 2.75) is 6.92 Å². The molecule has 88 valence electrons. The molecule has 1 N–H and O–H groups in total. The van der Waals surface area contributed by atoms with E-state index in [1.165, 1.54) is 11.3 Å². The third kappa shape index (κ3) is 2.82. The molecule has 1 heterocycles. The van der Waals surface area contributed by atoms with Gasteiger partial charge in [0.05, 0.1) is 10.2 Å². The molecular formula is C12H12N2O2S. The van der Waals surface area contributed by atoms with Crippen LogP contribution in [0.15, 0.2) is 36.4 Å². The fourth-order valence-corrected chi connectivity index (χ4v) is 2.08. The number of para-hydroxylation sites is 1. The lowest BCUT2D eigenvalue weighted by atomic mass is 10.3. The van der Waals surface area contributed by atoms with Crippen LogP contribution in [0.4, 0.5) is 5.13 Å². The molecule has 17 heavy (non-hydrogen) atoms. The van der Waals surface area contributed by atoms with Crippen LogP contribution in [-0.4, -0.2) is 17.7 Å². The lowest BCUT2D eigenvalue weighted by Crippen LogP contribution is -2.12. The third-order valence-corrected chi connectivity index (χ3v) is 3.06. The summed E-state index contributed by atoms with van der Waals surface area (Å²) in [6, 6.07) is 7.84. The zero-order chi connectivity index (χ0) is 12.3. The summed E-state index contributed by atoms with van der Waals surface area (Å²) in [6.45, 7) is 5.21. The van der Waals surface area contributed by atoms with Crippen LogP contribution in [-0.2, 0) is 9.53 Å². The average molecular weight is 248 g/mol. The highest BCUT2D eigenvalue weighted by Gasteiger charge is 2.04. The van der Waals surface area contributed by atoms with Gasteiger partial charge in [0.2, 0.25) is 0 Å². The number of nitrogens with one attached hydrogen (secondary N) is 1. The standard InChI is InChI=1S/C12H12N2O2S/c1-8(2)11(15)16-7-13-12-14-9-5-3-4-6-10(9)17-12/h3-6H,1,7H2,2H3,(H,13,14). The third-order valence-electron chi connectivity index (χ3n) is 2.07. The van der Waals surface area contributed by atoms with Gasteiger partial charge in [0.15, 0.2) is 11.9 Å². The summed E-state index contributed by atoms with van der Waals surface area (Å²) in [5.74, 6) is -0.404. The molecule has 0 unspecified atom stereocenters. The molecule has 1 aromatic carbocycles. The minimum Gasteiger partial charge on any atom is -0.441 e. The van der Waals surface area contributed by atoms with Gasteiger partial charge < -0.3 is 10.1 Å². The lowest BCUT2D eigenvalue weighted by molar-refractivity contribution is -0.138. The first-order valence-corrected chi connectivity index (χ1v) is 5.90. The maximum absolute atomic E-state index is 11.1. The Bertz CT molecular complexity index is 529. The summed E-state index contributed by atoms with van der Waals surface area (Å²) in [4.78, 5) is 15.5. The smallest absolute Gasteiger partial charge is 0.334 e. The van der Waals surface area contributed by atoms with Gasteiger partial charge >= 0.3 is 5.97 Å². The second kappa shape index (κ2) is 4.97. The number of anilines is 1. The van der Waals surface area contributed by atoms with Crippen molar-refractivity contribution in [1.29, 1.82) is 0 Å². The minimum atomic E-state index is -0.404. The van der Waals surface area contributed by atoms with E-state index >= 15 is 0 Å². The molecule has 4 nitrogen and oxygen atoms in total. The molecule has 0 spiro atoms. The van der Waals surface area contributed by atoms with E-state index in [4.69, 9.17) is 4.74 Å². The lowest BCUT2D eigenvalue weighted by Gasteiger charge is -2.03. The van der Waals surface area contributed by atoms with E-state index in [-0.39, 0.29) is 6.73 Å². The van der Waals surface area contributed by atoms with Gasteiger partial charge in [0.1, 0.15) is 0 Å². The van der Waals surface area contributed by atoms with Gasteiger partial charge in [-0.1, -0.05) is 30.0 Å². The fraction of sp³-hybridized carbons (Fsp3) is 0.167. The highest BCUT2D eigenvalue weighted by Crippen LogP contribution is 2.24. The van der Waals surface area contributed by atoms with E-state index in [1.54, 1.807) is 6.92 Å². The molecule has 0 atom stereocenters. The number of carbonyl (C=O) groups excluding carboxylic acids is 1. The predicted octanol–water partition coefficient (Wildman–Crippen LogP) is 2.79. The number of hydrogen-bond acceptors (Lipinski definition) is 5. The summed E-state index contributed by atoms with van der Waals surface area (Å²) >= 11 is 1.52. The van der Waals surface area contributed by atoms with Crippen LogP contribution >= 0.6 is 11.3 Å². The van der Waals surface area contributed by atoms with Crippen molar-refractivity contribution in [3.05, 3.63) is 36.4 Å². The molecule has 0 amide bonds. The molecule has 0 fully saturated rings. The molecule has 0 aliphatic carbocycles. The summed E-state index contributed by atoms with van der Waals surface area (Å²) in [6.07, 6.45) is 0. The molecule has 2 rings (SSSR count). The number of ether oxygens (including phenoxy) is 1. The Morgan fingerprint density at radius 2 is 2.29 bits per heavy atom. The number of carbonyl (C=O) groups is 1. The Kier molecular flexibility index (Phi) is 3.39. The Labute approximate surface area is 103 Å². The summed E-state index contributed by atoms with van der Waals surface area (Å²) in [5.41, 5.74) is 1.32. The number of nitrogens with zero attached hydrogens (tertiary/aromatic N) is 1. The van der Waals surface area contributed by atoms with Crippen molar-refractivity contribution in [3.63, 3.8) is 0 Å². The first-order valence-electron chi connectivity index (χ1n) is 5.09. The van der Waals surface area contributed by atoms with Crippen LogP contribution in [0.5, 0.6) is 0 Å². The van der Waals surface area contributed by atoms with Crippen molar-refractivity contribution in [2.75, 3.05) is 12.0 Å². The van der Waals surface area contributed by atoms with Crippen LogP contribution in [0, 0.1) is 0 Å². The number of thiazole rings is 1. The molecule has 0 saturated carbocycles. The van der Waals surface area contributed by atoms with E-state index in [2.05, 4.69) is 16.9 Å². The van der Waals surface area contributed by atoms with E-state index in [1.807, 2.05) is 24.3 Å². The molecule has 0 aliphatic heterocycles. The molecule has 0 aliphatic rings. The Morgan fingerprint density at radius 3 is 3.00 bits per heavy atom. The zero-order valence-electron chi connectivity index (χ0n) is 9.40. The number of fused-ring (bicyclic) bond motifs is 1. The van der Waals surface area contributed by atoms with Crippen molar-refractivity contribution >= 4 is 32.7 Å². The average Bonchev–Trinajstić information content (AvgIpc) is 2.71. The van der Waals surface area contributed by atoms with Crippen LogP contribution < -0.4 is 5.32 Å². The molecule has 1 aromatic heterocycles. The first kappa shape index (κ1) is 11.6. The Morgan fingerprint density at radius 1 is 1.53 bits per heavy atom. The highest BCUT2D eigenvalue weighted by molar-refractivity contribution is 7.22. The SMILES string of the molecule is C=C(C)C(=O)OCNc1nc2ccccc2s1. The van der Waals surface area contributed by atoms with E-state index in [0.717, 1.165) is 15.3 Å². The quantitative estimate of drug-likeness (QED) is 0.513. The van der Waals surface area contributed by atoms with Crippen LogP contribution in [0.25, 0.3) is 10.2 Å². The fourth-order valence-electron chi connectivity index (χ4n) is 1.23. The second-order valence-corrected chi connectivity index (χ2v) is 4.55. The number of rotatable bonds is 4. The molecule has 0 radical (unpaired) electrons. The zero-order valence-corrected chi connectivity index (χ0v) is 10.2. The minimum absolute atomic E-state index is 0.103. The maximum atomic E-state index is 11.1. The Hall–Kier alpha value is -1.88. The number of benzene rings is 1. The molecule has 5 heteroatoms. The summed E-state index contributed by atoms with van der Waals surface area (Å²) in [5, 5.41) is 3.68. The van der Waals surface area contributed by atoms with Crippen molar-refractivity contribution in [3.8, 4) is 0 Å². The van der Waals surface area contributed by atoms with Crippen LogP contribution in [0.1, 0.15) is 6.92 Å². The molecule has 2 aromatic rings. The van der Waals surface area contributed by atoms with Gasteiger partial charge in [0, 0.05) is 5.57 Å². The van der Waals surface area contributed by atoms with Gasteiger partial charge in [-0.2, -0.15) is 0 Å². The monoisotopic (exact) mass is 248 g/mol. The maximum Gasteiger partial charge on any atom is 0.334 e. The largest absolute Gasteiger partial charge is 0.441 e. The predicted molar refractivity (Wildman–Crippen MR) is 69.0 cm³/mol. The van der Waals surface area contributed by atoms with Crippen molar-refractivity contribution < 1.29 is 9.53 Å². The van der Waals surface area contributed by atoms with Gasteiger partial charge in [-0.25, -0.2) is 9.78 Å². The number of aromatic nitrogens is 1. The number of esters is 1. The van der Waals surface area contributed by atoms with Gasteiger partial charge in [-0.3, -0.25) is 0 Å². The van der Waals surface area contributed by atoms with E-state index < -0.39 is 5.97 Å². The second-order valence-electron chi connectivity index (χ2n) is 3.52. The van der Waals surface area contributed by atoms with E-state index in [0.29, 0.717) is 5.57 Å². The van der Waals surface area contributed by atoms with Crippen LogP contribution in [0.2, 0.25) is 0 Å². The first-order chi connectivity index (χ1) is 8.16. The van der Waals surface area contributed by atoms with Gasteiger partial charge in [-0.15, -0.1) is 0 Å². The summed E-state index contributed by atoms with van der Waals surface area (Å²) in [7, 11) is 0. The van der Waals surface area contributed by atoms with Gasteiger partial charge in [0.25, 0.3) is 0 Å². The topological polar surface area (TPSA) is 51.2 Å². The molecular weight excluding hydrogens is 236 g/mol. The molecule has 0 bridgehead atoms. The van der Waals surface area contributed by atoms with Crippen molar-refractivity contribution in [2.24, 2.45) is 0 Å².